The molecule has 1 aliphatic rings. The lowest BCUT2D eigenvalue weighted by Crippen LogP contribution is -2.41. The molecule has 0 heterocycles. The number of hydrogen-bond acceptors (Lipinski definition) is 4. The van der Waals surface area contributed by atoms with E-state index in [1.807, 2.05) is 0 Å². The van der Waals surface area contributed by atoms with Gasteiger partial charge in [0.05, 0.1) is 13.7 Å². The Morgan fingerprint density at radius 2 is 2.14 bits per heavy atom. The zero-order chi connectivity index (χ0) is 15.2. The Morgan fingerprint density at radius 1 is 1.43 bits per heavy atom. The predicted molar refractivity (Wildman–Crippen MR) is 79.4 cm³/mol. The van der Waals surface area contributed by atoms with Crippen molar-refractivity contribution in [2.24, 2.45) is 0 Å². The molecule has 1 aromatic carbocycles. The minimum absolute atomic E-state index is 0.117. The summed E-state index contributed by atoms with van der Waals surface area (Å²) in [6.07, 6.45) is 3.82. The van der Waals surface area contributed by atoms with Gasteiger partial charge in [-0.1, -0.05) is 12.8 Å². The summed E-state index contributed by atoms with van der Waals surface area (Å²) in [7, 11) is 1.56. The summed E-state index contributed by atoms with van der Waals surface area (Å²) in [6, 6.07) is 5.44. The fourth-order valence-corrected chi connectivity index (χ4v) is 2.53. The molecular formula is C16H23NO4. The number of rotatable bonds is 6. The molecule has 1 unspecified atom stereocenters. The van der Waals surface area contributed by atoms with Gasteiger partial charge in [0.2, 0.25) is 0 Å². The first-order valence-electron chi connectivity index (χ1n) is 7.39. The number of amides is 1. The smallest absolute Gasteiger partial charge is 0.260 e. The summed E-state index contributed by atoms with van der Waals surface area (Å²) >= 11 is 0. The van der Waals surface area contributed by atoms with Gasteiger partial charge in [0.15, 0.2) is 6.10 Å². The lowest BCUT2D eigenvalue weighted by molar-refractivity contribution is -0.128. The number of nitrogens with one attached hydrogen (secondary N) is 1. The molecule has 1 amide bonds. The second kappa shape index (κ2) is 7.31. The third-order valence-corrected chi connectivity index (χ3v) is 3.82. The average Bonchev–Trinajstić information content (AvgIpc) is 2.99. The maximum Gasteiger partial charge on any atom is 0.260 e. The van der Waals surface area contributed by atoms with Gasteiger partial charge in [0, 0.05) is 17.7 Å². The van der Waals surface area contributed by atoms with Crippen molar-refractivity contribution in [3.8, 4) is 11.5 Å². The van der Waals surface area contributed by atoms with Crippen molar-refractivity contribution in [3.05, 3.63) is 23.8 Å². The van der Waals surface area contributed by atoms with Crippen LogP contribution in [0.3, 0.4) is 0 Å². The number of hydrogen-bond donors (Lipinski definition) is 2. The van der Waals surface area contributed by atoms with Crippen LogP contribution in [0.5, 0.6) is 11.5 Å². The summed E-state index contributed by atoms with van der Waals surface area (Å²) in [4.78, 5) is 12.1. The van der Waals surface area contributed by atoms with Crippen molar-refractivity contribution in [2.75, 3.05) is 7.11 Å². The highest BCUT2D eigenvalue weighted by molar-refractivity contribution is 5.81. The standard InChI is InChI=1S/C16H23NO4/c1-11(16(19)17-13-5-3-4-6-13)21-15-9-14(20-2)8-7-12(15)10-18/h7-9,11,13,18H,3-6,10H2,1-2H3,(H,17,19). The first-order chi connectivity index (χ1) is 10.1. The van der Waals surface area contributed by atoms with Gasteiger partial charge in [-0.25, -0.2) is 0 Å². The van der Waals surface area contributed by atoms with E-state index in [-0.39, 0.29) is 18.6 Å². The molecular weight excluding hydrogens is 270 g/mol. The summed E-state index contributed by atoms with van der Waals surface area (Å²) < 4.78 is 10.8. The molecule has 1 saturated carbocycles. The highest BCUT2D eigenvalue weighted by Crippen LogP contribution is 2.26. The van der Waals surface area contributed by atoms with Gasteiger partial charge in [-0.3, -0.25) is 4.79 Å². The van der Waals surface area contributed by atoms with E-state index in [2.05, 4.69) is 5.32 Å². The lowest BCUT2D eigenvalue weighted by atomic mass is 10.2. The molecule has 5 heteroatoms. The number of methoxy groups -OCH3 is 1. The first-order valence-corrected chi connectivity index (χ1v) is 7.39. The molecule has 0 aromatic heterocycles. The van der Waals surface area contributed by atoms with Crippen LogP contribution >= 0.6 is 0 Å². The van der Waals surface area contributed by atoms with E-state index < -0.39 is 6.10 Å². The third-order valence-electron chi connectivity index (χ3n) is 3.82. The minimum atomic E-state index is -0.608. The summed E-state index contributed by atoms with van der Waals surface area (Å²) in [5, 5.41) is 12.3. The summed E-state index contributed by atoms with van der Waals surface area (Å²) in [6.45, 7) is 1.57. The monoisotopic (exact) mass is 293 g/mol. The van der Waals surface area contributed by atoms with Gasteiger partial charge in [0.1, 0.15) is 11.5 Å². The van der Waals surface area contributed by atoms with E-state index in [1.165, 1.54) is 12.8 Å². The molecule has 116 valence electrons. The molecule has 1 fully saturated rings. The molecule has 5 nitrogen and oxygen atoms in total. The molecule has 1 aliphatic carbocycles. The third kappa shape index (κ3) is 4.11. The molecule has 0 bridgehead atoms. The van der Waals surface area contributed by atoms with Crippen molar-refractivity contribution >= 4 is 5.91 Å². The highest BCUT2D eigenvalue weighted by Gasteiger charge is 2.22. The normalized spacial score (nSPS) is 16.5. The number of ether oxygens (including phenoxy) is 2. The molecule has 0 spiro atoms. The highest BCUT2D eigenvalue weighted by atomic mass is 16.5. The van der Waals surface area contributed by atoms with Gasteiger partial charge in [-0.15, -0.1) is 0 Å². The predicted octanol–water partition coefficient (Wildman–Crippen LogP) is 2.01. The molecule has 2 N–H and O–H groups in total. The van der Waals surface area contributed by atoms with E-state index in [1.54, 1.807) is 32.2 Å². The van der Waals surface area contributed by atoms with E-state index in [4.69, 9.17) is 9.47 Å². The number of aliphatic hydroxyl groups is 1. The van der Waals surface area contributed by atoms with Crippen LogP contribution in [0.1, 0.15) is 38.2 Å². The fourth-order valence-electron chi connectivity index (χ4n) is 2.53. The quantitative estimate of drug-likeness (QED) is 0.842. The molecule has 21 heavy (non-hydrogen) atoms. The van der Waals surface area contributed by atoms with Crippen LogP contribution in [0.2, 0.25) is 0 Å². The van der Waals surface area contributed by atoms with E-state index in [0.29, 0.717) is 17.1 Å². The van der Waals surface area contributed by atoms with Crippen LogP contribution in [0.25, 0.3) is 0 Å². The van der Waals surface area contributed by atoms with Crippen LogP contribution in [0.15, 0.2) is 18.2 Å². The van der Waals surface area contributed by atoms with E-state index in [0.717, 1.165) is 12.8 Å². The van der Waals surface area contributed by atoms with Crippen LogP contribution in [-0.2, 0) is 11.4 Å². The van der Waals surface area contributed by atoms with Crippen LogP contribution < -0.4 is 14.8 Å². The second-order valence-electron chi connectivity index (χ2n) is 5.38. The lowest BCUT2D eigenvalue weighted by Gasteiger charge is -2.19. The number of carbonyl (C=O) groups is 1. The van der Waals surface area contributed by atoms with E-state index >= 15 is 0 Å². The van der Waals surface area contributed by atoms with Crippen LogP contribution in [0.4, 0.5) is 0 Å². The van der Waals surface area contributed by atoms with Crippen LogP contribution in [-0.4, -0.2) is 30.3 Å². The Hall–Kier alpha value is -1.75. The maximum absolute atomic E-state index is 12.1. The molecule has 0 radical (unpaired) electrons. The Balaban J connectivity index is 2.00. The first kappa shape index (κ1) is 15.6. The minimum Gasteiger partial charge on any atom is -0.497 e. The Kier molecular flexibility index (Phi) is 5.44. The van der Waals surface area contributed by atoms with Crippen LogP contribution in [0, 0.1) is 0 Å². The summed E-state index contributed by atoms with van der Waals surface area (Å²) in [5.74, 6) is 0.991. The van der Waals surface area contributed by atoms with Crippen molar-refractivity contribution < 1.29 is 19.4 Å². The Labute approximate surface area is 125 Å². The molecule has 2 rings (SSSR count). The maximum atomic E-state index is 12.1. The Bertz CT molecular complexity index is 483. The van der Waals surface area contributed by atoms with Gasteiger partial charge < -0.3 is 19.9 Å². The SMILES string of the molecule is COc1ccc(CO)c(OC(C)C(=O)NC2CCCC2)c1. The second-order valence-corrected chi connectivity index (χ2v) is 5.38. The number of benzene rings is 1. The summed E-state index contributed by atoms with van der Waals surface area (Å²) in [5.41, 5.74) is 0.635. The molecule has 1 aromatic rings. The van der Waals surface area contributed by atoms with Gasteiger partial charge >= 0.3 is 0 Å². The van der Waals surface area contributed by atoms with E-state index in [9.17, 15) is 9.90 Å². The van der Waals surface area contributed by atoms with Crippen molar-refractivity contribution in [2.45, 2.75) is 51.4 Å². The number of carbonyl (C=O) groups excluding carboxylic acids is 1. The van der Waals surface area contributed by atoms with Crippen molar-refractivity contribution in [1.82, 2.24) is 5.32 Å². The van der Waals surface area contributed by atoms with Gasteiger partial charge in [-0.05, 0) is 31.9 Å². The zero-order valence-corrected chi connectivity index (χ0v) is 12.6. The van der Waals surface area contributed by atoms with Crippen molar-refractivity contribution in [1.29, 1.82) is 0 Å². The molecule has 0 aliphatic heterocycles. The number of aliphatic hydroxyl groups excluding tert-OH is 1. The average molecular weight is 293 g/mol. The van der Waals surface area contributed by atoms with Crippen molar-refractivity contribution in [3.63, 3.8) is 0 Å². The zero-order valence-electron chi connectivity index (χ0n) is 12.6. The largest absolute Gasteiger partial charge is 0.497 e. The Morgan fingerprint density at radius 3 is 2.76 bits per heavy atom. The fraction of sp³-hybridized carbons (Fsp3) is 0.562. The topological polar surface area (TPSA) is 67.8 Å². The molecule has 0 saturated heterocycles. The van der Waals surface area contributed by atoms with Gasteiger partial charge in [-0.2, -0.15) is 0 Å². The molecule has 1 atom stereocenters. The van der Waals surface area contributed by atoms with Gasteiger partial charge in [0.25, 0.3) is 5.91 Å².